The van der Waals surface area contributed by atoms with Gasteiger partial charge in [-0.1, -0.05) is 18.2 Å². The van der Waals surface area contributed by atoms with Gasteiger partial charge in [0.25, 0.3) is 0 Å². The van der Waals surface area contributed by atoms with Crippen molar-refractivity contribution >= 4 is 17.4 Å². The summed E-state index contributed by atoms with van der Waals surface area (Å²) in [5.41, 5.74) is 3.30. The molecule has 1 aliphatic rings. The van der Waals surface area contributed by atoms with Gasteiger partial charge in [-0.2, -0.15) is 0 Å². The van der Waals surface area contributed by atoms with Crippen LogP contribution >= 0.6 is 11.8 Å². The van der Waals surface area contributed by atoms with Gasteiger partial charge in [-0.25, -0.2) is 4.39 Å². The van der Waals surface area contributed by atoms with Crippen molar-refractivity contribution in [1.82, 2.24) is 0 Å². The molecule has 2 aromatic carbocycles. The molecule has 0 aromatic heterocycles. The summed E-state index contributed by atoms with van der Waals surface area (Å²) in [5, 5.41) is 3.51. The third-order valence-corrected chi connectivity index (χ3v) is 4.40. The van der Waals surface area contributed by atoms with E-state index in [4.69, 9.17) is 0 Å². The first kappa shape index (κ1) is 11.6. The van der Waals surface area contributed by atoms with Crippen molar-refractivity contribution in [2.75, 3.05) is 11.1 Å². The molecule has 0 amide bonds. The van der Waals surface area contributed by atoms with E-state index in [2.05, 4.69) is 29.6 Å². The van der Waals surface area contributed by atoms with Crippen LogP contribution in [0.1, 0.15) is 17.2 Å². The zero-order chi connectivity index (χ0) is 12.5. The Hall–Kier alpha value is -1.48. The molecule has 0 spiro atoms. The first-order chi connectivity index (χ1) is 8.74. The highest BCUT2D eigenvalue weighted by molar-refractivity contribution is 7.99. The molecule has 1 N–H and O–H groups in total. The van der Waals surface area contributed by atoms with Crippen LogP contribution in [0, 0.1) is 12.7 Å². The van der Waals surface area contributed by atoms with E-state index in [-0.39, 0.29) is 5.82 Å². The van der Waals surface area contributed by atoms with Gasteiger partial charge in [0.1, 0.15) is 5.82 Å². The number of benzene rings is 2. The molecular formula is C15H14FNS. The highest BCUT2D eigenvalue weighted by Gasteiger charge is 2.22. The van der Waals surface area contributed by atoms with Crippen LogP contribution in [0.5, 0.6) is 0 Å². The lowest BCUT2D eigenvalue weighted by atomic mass is 10.1. The van der Waals surface area contributed by atoms with Gasteiger partial charge < -0.3 is 5.32 Å². The number of halogens is 1. The molecule has 92 valence electrons. The van der Waals surface area contributed by atoms with Gasteiger partial charge in [0, 0.05) is 16.3 Å². The summed E-state index contributed by atoms with van der Waals surface area (Å²) < 4.78 is 13.1. The lowest BCUT2D eigenvalue weighted by molar-refractivity contribution is 0.626. The molecule has 3 rings (SSSR count). The van der Waals surface area contributed by atoms with Crippen molar-refractivity contribution in [1.29, 1.82) is 0 Å². The maximum absolute atomic E-state index is 13.1. The molecule has 0 saturated carbocycles. The first-order valence-corrected chi connectivity index (χ1v) is 6.97. The quantitative estimate of drug-likeness (QED) is 0.858. The van der Waals surface area contributed by atoms with Crippen LogP contribution in [0.2, 0.25) is 0 Å². The highest BCUT2D eigenvalue weighted by atomic mass is 32.2. The van der Waals surface area contributed by atoms with E-state index in [0.29, 0.717) is 6.04 Å². The summed E-state index contributed by atoms with van der Waals surface area (Å²) in [7, 11) is 0. The van der Waals surface area contributed by atoms with Crippen molar-refractivity contribution < 1.29 is 4.39 Å². The predicted octanol–water partition coefficient (Wildman–Crippen LogP) is 4.39. The Labute approximate surface area is 110 Å². The summed E-state index contributed by atoms with van der Waals surface area (Å²) >= 11 is 1.87. The molecule has 1 aliphatic heterocycles. The van der Waals surface area contributed by atoms with Gasteiger partial charge in [-0.15, -0.1) is 11.8 Å². The lowest BCUT2D eigenvalue weighted by Gasteiger charge is -2.16. The zero-order valence-electron chi connectivity index (χ0n) is 10.1. The molecule has 1 heterocycles. The molecule has 0 radical (unpaired) electrons. The molecule has 2 aromatic rings. The standard InChI is InChI=1S/C15H14FNS/c1-10-8-11(16)6-7-13(10)17-14-9-18-15-5-3-2-4-12(14)15/h2-8,14,17H,9H2,1H3. The van der Waals surface area contributed by atoms with Crippen molar-refractivity contribution in [3.05, 3.63) is 59.4 Å². The van der Waals surface area contributed by atoms with Gasteiger partial charge in [-0.05, 0) is 42.3 Å². The number of nitrogens with one attached hydrogen (secondary N) is 1. The average molecular weight is 259 g/mol. The predicted molar refractivity (Wildman–Crippen MR) is 74.7 cm³/mol. The minimum atomic E-state index is -0.181. The molecule has 3 heteroatoms. The average Bonchev–Trinajstić information content (AvgIpc) is 2.76. The summed E-state index contributed by atoms with van der Waals surface area (Å²) in [6.07, 6.45) is 0. The summed E-state index contributed by atoms with van der Waals surface area (Å²) in [6, 6.07) is 13.6. The van der Waals surface area contributed by atoms with E-state index in [9.17, 15) is 4.39 Å². The third-order valence-electron chi connectivity index (χ3n) is 3.22. The van der Waals surface area contributed by atoms with E-state index in [1.165, 1.54) is 16.5 Å². The Balaban J connectivity index is 1.86. The van der Waals surface area contributed by atoms with E-state index in [0.717, 1.165) is 17.0 Å². The Morgan fingerprint density at radius 1 is 1.22 bits per heavy atom. The zero-order valence-corrected chi connectivity index (χ0v) is 10.9. The number of aryl methyl sites for hydroxylation is 1. The van der Waals surface area contributed by atoms with Crippen LogP contribution in [0.25, 0.3) is 0 Å². The van der Waals surface area contributed by atoms with Crippen molar-refractivity contribution in [3.8, 4) is 0 Å². The first-order valence-electron chi connectivity index (χ1n) is 5.98. The number of hydrogen-bond donors (Lipinski definition) is 1. The van der Waals surface area contributed by atoms with Gasteiger partial charge >= 0.3 is 0 Å². The molecular weight excluding hydrogens is 245 g/mol. The fourth-order valence-corrected chi connectivity index (χ4v) is 3.42. The third kappa shape index (κ3) is 2.10. The number of hydrogen-bond acceptors (Lipinski definition) is 2. The van der Waals surface area contributed by atoms with E-state index in [1.807, 2.05) is 24.8 Å². The monoisotopic (exact) mass is 259 g/mol. The van der Waals surface area contributed by atoms with E-state index >= 15 is 0 Å². The molecule has 0 bridgehead atoms. The largest absolute Gasteiger partial charge is 0.377 e. The highest BCUT2D eigenvalue weighted by Crippen LogP contribution is 2.39. The lowest BCUT2D eigenvalue weighted by Crippen LogP contribution is -2.10. The Kier molecular flexibility index (Phi) is 3.00. The number of thioether (sulfide) groups is 1. The molecule has 0 saturated heterocycles. The second-order valence-electron chi connectivity index (χ2n) is 4.50. The topological polar surface area (TPSA) is 12.0 Å². The fourth-order valence-electron chi connectivity index (χ4n) is 2.26. The van der Waals surface area contributed by atoms with E-state index < -0.39 is 0 Å². The van der Waals surface area contributed by atoms with Crippen LogP contribution in [0.15, 0.2) is 47.4 Å². The Bertz CT molecular complexity index is 582. The van der Waals surface area contributed by atoms with E-state index in [1.54, 1.807) is 6.07 Å². The second kappa shape index (κ2) is 4.65. The van der Waals surface area contributed by atoms with Crippen LogP contribution in [0.4, 0.5) is 10.1 Å². The van der Waals surface area contributed by atoms with Gasteiger partial charge in [-0.3, -0.25) is 0 Å². The van der Waals surface area contributed by atoms with Gasteiger partial charge in [0.2, 0.25) is 0 Å². The maximum atomic E-state index is 13.1. The van der Waals surface area contributed by atoms with Crippen LogP contribution < -0.4 is 5.32 Å². The molecule has 18 heavy (non-hydrogen) atoms. The van der Waals surface area contributed by atoms with Crippen LogP contribution in [-0.2, 0) is 0 Å². The molecule has 1 nitrogen and oxygen atoms in total. The maximum Gasteiger partial charge on any atom is 0.123 e. The molecule has 0 fully saturated rings. The summed E-state index contributed by atoms with van der Waals surface area (Å²) in [6.45, 7) is 1.93. The van der Waals surface area contributed by atoms with Crippen molar-refractivity contribution in [3.63, 3.8) is 0 Å². The minimum absolute atomic E-state index is 0.181. The van der Waals surface area contributed by atoms with Gasteiger partial charge in [0.15, 0.2) is 0 Å². The van der Waals surface area contributed by atoms with Crippen molar-refractivity contribution in [2.24, 2.45) is 0 Å². The molecule has 0 aliphatic carbocycles. The number of rotatable bonds is 2. The van der Waals surface area contributed by atoms with Crippen molar-refractivity contribution in [2.45, 2.75) is 17.9 Å². The number of anilines is 1. The smallest absolute Gasteiger partial charge is 0.123 e. The van der Waals surface area contributed by atoms with Crippen LogP contribution in [-0.4, -0.2) is 5.75 Å². The summed E-state index contributed by atoms with van der Waals surface area (Å²) in [4.78, 5) is 1.34. The Morgan fingerprint density at radius 3 is 2.89 bits per heavy atom. The van der Waals surface area contributed by atoms with Gasteiger partial charge in [0.05, 0.1) is 6.04 Å². The second-order valence-corrected chi connectivity index (χ2v) is 5.57. The normalized spacial score (nSPS) is 17.6. The summed E-state index contributed by atoms with van der Waals surface area (Å²) in [5.74, 6) is 0.843. The SMILES string of the molecule is Cc1cc(F)ccc1NC1CSc2ccccc21. The van der Waals surface area contributed by atoms with Crippen LogP contribution in [0.3, 0.4) is 0 Å². The Morgan fingerprint density at radius 2 is 2.06 bits per heavy atom. The fraction of sp³-hybridized carbons (Fsp3) is 0.200. The minimum Gasteiger partial charge on any atom is -0.377 e. The molecule has 1 unspecified atom stereocenters. The number of fused-ring (bicyclic) bond motifs is 1. The molecule has 1 atom stereocenters.